The van der Waals surface area contributed by atoms with Crippen LogP contribution in [0.1, 0.15) is 24.5 Å². The van der Waals surface area contributed by atoms with E-state index in [9.17, 15) is 8.42 Å². The van der Waals surface area contributed by atoms with Crippen molar-refractivity contribution in [2.45, 2.75) is 25.2 Å². The highest BCUT2D eigenvalue weighted by Crippen LogP contribution is 2.14. The van der Waals surface area contributed by atoms with E-state index in [1.54, 1.807) is 6.92 Å². The molecule has 0 aliphatic rings. The van der Waals surface area contributed by atoms with E-state index < -0.39 is 10.0 Å². The van der Waals surface area contributed by atoms with Gasteiger partial charge in [-0.05, 0) is 50.2 Å². The van der Waals surface area contributed by atoms with Gasteiger partial charge >= 0.3 is 0 Å². The molecule has 5 nitrogen and oxygen atoms in total. The van der Waals surface area contributed by atoms with Gasteiger partial charge in [0.05, 0.1) is 16.5 Å². The summed E-state index contributed by atoms with van der Waals surface area (Å²) in [6.07, 6.45) is 0.738. The minimum Gasteiger partial charge on any atom is -0.317 e. The molecule has 0 bridgehead atoms. The first-order valence-corrected chi connectivity index (χ1v) is 7.70. The van der Waals surface area contributed by atoms with Crippen molar-refractivity contribution in [2.24, 2.45) is 0 Å². The molecule has 0 unspecified atom stereocenters. The Morgan fingerprint density at radius 3 is 2.63 bits per heavy atom. The molecule has 1 rings (SSSR count). The third-order valence-electron chi connectivity index (χ3n) is 2.70. The highest BCUT2D eigenvalue weighted by atomic mass is 32.2. The fourth-order valence-electron chi connectivity index (χ4n) is 1.61. The molecule has 0 saturated heterocycles. The molecule has 0 aromatic heterocycles. The molecular formula is C13H19N3O2S. The molecule has 1 aromatic carbocycles. The van der Waals surface area contributed by atoms with Crippen molar-refractivity contribution in [2.75, 3.05) is 19.6 Å². The second-order valence-corrected chi connectivity index (χ2v) is 5.96. The summed E-state index contributed by atoms with van der Waals surface area (Å²) >= 11 is 0. The molecule has 0 aliphatic heterocycles. The molecule has 104 valence electrons. The van der Waals surface area contributed by atoms with Crippen LogP contribution in [0, 0.1) is 18.3 Å². The van der Waals surface area contributed by atoms with Crippen molar-refractivity contribution < 1.29 is 8.42 Å². The minimum atomic E-state index is -3.48. The third-order valence-corrected chi connectivity index (χ3v) is 4.16. The van der Waals surface area contributed by atoms with Gasteiger partial charge in [-0.25, -0.2) is 13.1 Å². The van der Waals surface area contributed by atoms with E-state index >= 15 is 0 Å². The Balaban J connectivity index is 2.68. The van der Waals surface area contributed by atoms with Crippen molar-refractivity contribution >= 4 is 10.0 Å². The summed E-state index contributed by atoms with van der Waals surface area (Å²) in [6, 6.07) is 6.52. The van der Waals surface area contributed by atoms with Crippen LogP contribution < -0.4 is 10.0 Å². The maximum Gasteiger partial charge on any atom is 0.240 e. The van der Waals surface area contributed by atoms with Gasteiger partial charge in [0, 0.05) is 6.54 Å². The van der Waals surface area contributed by atoms with Crippen molar-refractivity contribution in [1.29, 1.82) is 5.26 Å². The highest BCUT2D eigenvalue weighted by Gasteiger charge is 2.14. The van der Waals surface area contributed by atoms with Crippen LogP contribution in [0.25, 0.3) is 0 Å². The zero-order valence-electron chi connectivity index (χ0n) is 11.2. The van der Waals surface area contributed by atoms with E-state index in [1.165, 1.54) is 18.2 Å². The van der Waals surface area contributed by atoms with Crippen LogP contribution in [0.5, 0.6) is 0 Å². The summed E-state index contributed by atoms with van der Waals surface area (Å²) < 4.78 is 26.6. The van der Waals surface area contributed by atoms with Crippen LogP contribution in [0.3, 0.4) is 0 Å². The fraction of sp³-hybridized carbons (Fsp3) is 0.462. The SMILES string of the molecule is CCNCCCNS(=O)(=O)c1ccc(C#N)c(C)c1. The number of nitrogens with zero attached hydrogens (tertiary/aromatic N) is 1. The summed E-state index contributed by atoms with van der Waals surface area (Å²) in [5.74, 6) is 0. The molecular weight excluding hydrogens is 262 g/mol. The van der Waals surface area contributed by atoms with E-state index in [2.05, 4.69) is 10.0 Å². The predicted octanol–water partition coefficient (Wildman–Crippen LogP) is 1.14. The quantitative estimate of drug-likeness (QED) is 0.734. The van der Waals surface area contributed by atoms with Gasteiger partial charge in [0.25, 0.3) is 0 Å². The number of nitriles is 1. The zero-order valence-corrected chi connectivity index (χ0v) is 12.0. The van der Waals surface area contributed by atoms with Crippen LogP contribution >= 0.6 is 0 Å². The standard InChI is InChI=1S/C13H19N3O2S/c1-3-15-7-4-8-16-19(17,18)13-6-5-12(10-14)11(2)9-13/h5-6,9,15-16H,3-4,7-8H2,1-2H3. The van der Waals surface area contributed by atoms with Gasteiger partial charge in [-0.1, -0.05) is 6.92 Å². The summed E-state index contributed by atoms with van der Waals surface area (Å²) in [5.41, 5.74) is 1.16. The largest absolute Gasteiger partial charge is 0.317 e. The van der Waals surface area contributed by atoms with Crippen molar-refractivity contribution in [3.05, 3.63) is 29.3 Å². The number of hydrogen-bond acceptors (Lipinski definition) is 4. The number of hydrogen-bond donors (Lipinski definition) is 2. The van der Waals surface area contributed by atoms with Crippen LogP contribution in [0.4, 0.5) is 0 Å². The summed E-state index contributed by atoms with van der Waals surface area (Å²) in [4.78, 5) is 0.201. The Hall–Kier alpha value is -1.42. The van der Waals surface area contributed by atoms with Crippen LogP contribution in [-0.2, 0) is 10.0 Å². The molecule has 2 N–H and O–H groups in total. The lowest BCUT2D eigenvalue weighted by molar-refractivity contribution is 0.575. The topological polar surface area (TPSA) is 82.0 Å². The smallest absolute Gasteiger partial charge is 0.240 e. The summed E-state index contributed by atoms with van der Waals surface area (Å²) in [5, 5.41) is 11.9. The number of nitrogens with one attached hydrogen (secondary N) is 2. The Bertz CT molecular complexity index is 562. The van der Waals surface area contributed by atoms with Crippen molar-refractivity contribution in [1.82, 2.24) is 10.0 Å². The van der Waals surface area contributed by atoms with Gasteiger partial charge in [0.2, 0.25) is 10.0 Å². The lowest BCUT2D eigenvalue weighted by Crippen LogP contribution is -2.27. The highest BCUT2D eigenvalue weighted by molar-refractivity contribution is 7.89. The average Bonchev–Trinajstić information content (AvgIpc) is 2.38. The summed E-state index contributed by atoms with van der Waals surface area (Å²) in [6.45, 7) is 5.79. The number of aryl methyl sites for hydroxylation is 1. The molecule has 0 amide bonds. The first kappa shape index (κ1) is 15.6. The van der Waals surface area contributed by atoms with Gasteiger partial charge < -0.3 is 5.32 Å². The van der Waals surface area contributed by atoms with E-state index in [0.29, 0.717) is 17.7 Å². The molecule has 0 atom stereocenters. The Labute approximate surface area is 114 Å². The maximum absolute atomic E-state index is 12.0. The molecule has 1 aromatic rings. The second kappa shape index (κ2) is 7.24. The van der Waals surface area contributed by atoms with E-state index in [0.717, 1.165) is 19.5 Å². The monoisotopic (exact) mass is 281 g/mol. The first-order valence-electron chi connectivity index (χ1n) is 6.22. The Kier molecular flexibility index (Phi) is 5.96. The normalized spacial score (nSPS) is 11.2. The molecule has 6 heteroatoms. The Morgan fingerprint density at radius 2 is 2.05 bits per heavy atom. The van der Waals surface area contributed by atoms with Crippen molar-refractivity contribution in [3.8, 4) is 6.07 Å². The predicted molar refractivity (Wildman–Crippen MR) is 74.2 cm³/mol. The van der Waals surface area contributed by atoms with E-state index in [1.807, 2.05) is 13.0 Å². The van der Waals surface area contributed by atoms with Crippen LogP contribution in [0.2, 0.25) is 0 Å². The number of sulfonamides is 1. The third kappa shape index (κ3) is 4.63. The molecule has 0 aliphatic carbocycles. The number of rotatable bonds is 7. The first-order chi connectivity index (χ1) is 9.01. The van der Waals surface area contributed by atoms with Gasteiger partial charge in [-0.2, -0.15) is 5.26 Å². The molecule has 0 spiro atoms. The summed E-state index contributed by atoms with van der Waals surface area (Å²) in [7, 11) is -3.48. The van der Waals surface area contributed by atoms with Crippen molar-refractivity contribution in [3.63, 3.8) is 0 Å². The average molecular weight is 281 g/mol. The Morgan fingerprint density at radius 1 is 1.32 bits per heavy atom. The fourth-order valence-corrected chi connectivity index (χ4v) is 2.77. The molecule has 0 radical (unpaired) electrons. The minimum absolute atomic E-state index is 0.201. The number of benzene rings is 1. The molecule has 0 fully saturated rings. The molecule has 0 saturated carbocycles. The van der Waals surface area contributed by atoms with Gasteiger partial charge in [0.15, 0.2) is 0 Å². The van der Waals surface area contributed by atoms with E-state index in [-0.39, 0.29) is 4.90 Å². The van der Waals surface area contributed by atoms with Gasteiger partial charge in [0.1, 0.15) is 0 Å². The zero-order chi connectivity index (χ0) is 14.3. The second-order valence-electron chi connectivity index (χ2n) is 4.19. The lowest BCUT2D eigenvalue weighted by Gasteiger charge is -2.08. The van der Waals surface area contributed by atoms with Crippen LogP contribution in [0.15, 0.2) is 23.1 Å². The van der Waals surface area contributed by atoms with E-state index in [4.69, 9.17) is 5.26 Å². The maximum atomic E-state index is 12.0. The van der Waals surface area contributed by atoms with Crippen LogP contribution in [-0.4, -0.2) is 28.1 Å². The lowest BCUT2D eigenvalue weighted by atomic mass is 10.1. The molecule has 0 heterocycles. The van der Waals surface area contributed by atoms with Gasteiger partial charge in [-0.3, -0.25) is 0 Å². The van der Waals surface area contributed by atoms with Gasteiger partial charge in [-0.15, -0.1) is 0 Å². The molecule has 19 heavy (non-hydrogen) atoms.